The maximum atomic E-state index is 11.2. The Balaban J connectivity index is 2.10. The Kier molecular flexibility index (Phi) is 3.33. The lowest BCUT2D eigenvalue weighted by molar-refractivity contribution is -0.129. The topological polar surface area (TPSA) is 75.4 Å². The Morgan fingerprint density at radius 2 is 2.00 bits per heavy atom. The van der Waals surface area contributed by atoms with Crippen LogP contribution in [0.5, 0.6) is 0 Å². The van der Waals surface area contributed by atoms with Gasteiger partial charge in [-0.15, -0.1) is 0 Å². The molecule has 1 aliphatic heterocycles. The van der Waals surface area contributed by atoms with Crippen molar-refractivity contribution in [2.75, 3.05) is 36.8 Å². The molecule has 0 unspecified atom stereocenters. The lowest BCUT2D eigenvalue weighted by atomic mass is 10.3. The molecule has 1 aromatic heterocycles. The van der Waals surface area contributed by atoms with Crippen LogP contribution >= 0.6 is 11.6 Å². The average molecular weight is 256 g/mol. The normalized spacial score (nSPS) is 16.1. The zero-order valence-electron chi connectivity index (χ0n) is 9.56. The van der Waals surface area contributed by atoms with E-state index >= 15 is 0 Å². The van der Waals surface area contributed by atoms with Crippen molar-refractivity contribution in [2.24, 2.45) is 0 Å². The van der Waals surface area contributed by atoms with Gasteiger partial charge in [0, 0.05) is 33.1 Å². The lowest BCUT2D eigenvalue weighted by Crippen LogP contribution is -2.48. The molecule has 1 fully saturated rings. The maximum absolute atomic E-state index is 11.2. The van der Waals surface area contributed by atoms with Crippen LogP contribution in [0, 0.1) is 0 Å². The van der Waals surface area contributed by atoms with Crippen molar-refractivity contribution in [3.8, 4) is 0 Å². The molecule has 0 spiro atoms. The van der Waals surface area contributed by atoms with Crippen molar-refractivity contribution in [1.29, 1.82) is 0 Å². The second-order valence-corrected chi connectivity index (χ2v) is 4.25. The molecular formula is C10H14ClN5O. The van der Waals surface area contributed by atoms with Gasteiger partial charge < -0.3 is 15.5 Å². The summed E-state index contributed by atoms with van der Waals surface area (Å²) in [4.78, 5) is 23.0. The minimum Gasteiger partial charge on any atom is -0.393 e. The molecule has 1 amide bonds. The van der Waals surface area contributed by atoms with E-state index in [1.165, 1.54) is 6.33 Å². The fourth-order valence-corrected chi connectivity index (χ4v) is 1.98. The summed E-state index contributed by atoms with van der Waals surface area (Å²) >= 11 is 5.84. The number of halogens is 1. The Hall–Kier alpha value is -1.56. The summed E-state index contributed by atoms with van der Waals surface area (Å²) in [6.45, 7) is 4.34. The van der Waals surface area contributed by atoms with Gasteiger partial charge in [0.05, 0.1) is 0 Å². The molecule has 0 radical (unpaired) electrons. The highest BCUT2D eigenvalue weighted by atomic mass is 35.5. The molecule has 0 bridgehead atoms. The number of anilines is 2. The highest BCUT2D eigenvalue weighted by Gasteiger charge is 2.21. The standard InChI is InChI=1S/C10H14ClN5O/c1-7(17)15-2-4-16(5-3-15)10-8(12)9(11)13-6-14-10/h6H,2-5,12H2,1H3. The number of piperazine rings is 1. The predicted octanol–water partition coefficient (Wildman–Crippen LogP) is 0.381. The third-order valence-corrected chi connectivity index (χ3v) is 3.14. The first-order valence-electron chi connectivity index (χ1n) is 5.36. The minimum atomic E-state index is 0.0957. The number of aromatic nitrogens is 2. The smallest absolute Gasteiger partial charge is 0.219 e. The molecule has 1 aromatic rings. The van der Waals surface area contributed by atoms with Crippen molar-refractivity contribution in [3.63, 3.8) is 0 Å². The lowest BCUT2D eigenvalue weighted by Gasteiger charge is -2.35. The summed E-state index contributed by atoms with van der Waals surface area (Å²) in [5, 5.41) is 0.268. The van der Waals surface area contributed by atoms with E-state index in [1.807, 2.05) is 4.90 Å². The number of nitrogen functional groups attached to an aromatic ring is 1. The second kappa shape index (κ2) is 4.75. The first-order chi connectivity index (χ1) is 8.09. The summed E-state index contributed by atoms with van der Waals surface area (Å²) < 4.78 is 0. The van der Waals surface area contributed by atoms with Crippen molar-refractivity contribution in [3.05, 3.63) is 11.5 Å². The number of amides is 1. The van der Waals surface area contributed by atoms with Gasteiger partial charge in [-0.05, 0) is 0 Å². The SMILES string of the molecule is CC(=O)N1CCN(c2ncnc(Cl)c2N)CC1. The average Bonchev–Trinajstić information content (AvgIpc) is 2.33. The van der Waals surface area contributed by atoms with Crippen LogP contribution in [0.25, 0.3) is 0 Å². The Bertz CT molecular complexity index is 431. The predicted molar refractivity (Wildman–Crippen MR) is 65.9 cm³/mol. The van der Waals surface area contributed by atoms with E-state index < -0.39 is 0 Å². The largest absolute Gasteiger partial charge is 0.393 e. The molecule has 7 heteroatoms. The fraction of sp³-hybridized carbons (Fsp3) is 0.500. The minimum absolute atomic E-state index is 0.0957. The van der Waals surface area contributed by atoms with Gasteiger partial charge in [-0.3, -0.25) is 4.79 Å². The quantitative estimate of drug-likeness (QED) is 0.735. The number of nitrogens with zero attached hydrogens (tertiary/aromatic N) is 4. The van der Waals surface area contributed by atoms with Crippen LogP contribution in [0.2, 0.25) is 5.15 Å². The summed E-state index contributed by atoms with van der Waals surface area (Å²) in [5.74, 6) is 0.742. The number of carbonyl (C=O) groups is 1. The fourth-order valence-electron chi connectivity index (χ4n) is 1.85. The monoisotopic (exact) mass is 255 g/mol. The number of hydrogen-bond donors (Lipinski definition) is 1. The first kappa shape index (κ1) is 11.9. The number of carbonyl (C=O) groups excluding carboxylic acids is 1. The van der Waals surface area contributed by atoms with Crippen molar-refractivity contribution < 1.29 is 4.79 Å². The van der Waals surface area contributed by atoms with Crippen molar-refractivity contribution in [1.82, 2.24) is 14.9 Å². The van der Waals surface area contributed by atoms with E-state index in [1.54, 1.807) is 11.8 Å². The van der Waals surface area contributed by atoms with Crippen LogP contribution in [0.15, 0.2) is 6.33 Å². The summed E-state index contributed by atoms with van der Waals surface area (Å²) in [7, 11) is 0. The van der Waals surface area contributed by atoms with Crippen LogP contribution in [-0.2, 0) is 4.79 Å². The zero-order chi connectivity index (χ0) is 12.4. The van der Waals surface area contributed by atoms with Gasteiger partial charge in [0.15, 0.2) is 11.0 Å². The van der Waals surface area contributed by atoms with Crippen LogP contribution < -0.4 is 10.6 Å². The Morgan fingerprint density at radius 3 is 2.59 bits per heavy atom. The second-order valence-electron chi connectivity index (χ2n) is 3.89. The van der Waals surface area contributed by atoms with Gasteiger partial charge in [0.2, 0.25) is 5.91 Å². The number of nitrogens with two attached hydrogens (primary N) is 1. The molecule has 2 rings (SSSR count). The third kappa shape index (κ3) is 2.41. The molecule has 0 saturated carbocycles. The molecule has 2 heterocycles. The van der Waals surface area contributed by atoms with Crippen molar-refractivity contribution >= 4 is 29.0 Å². The van der Waals surface area contributed by atoms with Gasteiger partial charge >= 0.3 is 0 Å². The summed E-state index contributed by atoms with van der Waals surface area (Å²) in [6, 6.07) is 0. The van der Waals surface area contributed by atoms with Crippen LogP contribution in [0.1, 0.15) is 6.92 Å². The summed E-state index contributed by atoms with van der Waals surface area (Å²) in [5.41, 5.74) is 6.22. The van der Waals surface area contributed by atoms with Gasteiger partial charge in [-0.2, -0.15) is 0 Å². The van der Waals surface area contributed by atoms with E-state index in [-0.39, 0.29) is 11.1 Å². The van der Waals surface area contributed by atoms with Gasteiger partial charge in [-0.25, -0.2) is 9.97 Å². The molecular weight excluding hydrogens is 242 g/mol. The van der Waals surface area contributed by atoms with Gasteiger partial charge in [-0.1, -0.05) is 11.6 Å². The molecule has 0 atom stereocenters. The third-order valence-electron chi connectivity index (χ3n) is 2.84. The molecule has 92 valence electrons. The molecule has 0 aliphatic carbocycles. The van der Waals surface area contributed by atoms with E-state index in [9.17, 15) is 4.79 Å². The maximum Gasteiger partial charge on any atom is 0.219 e. The van der Waals surface area contributed by atoms with Crippen molar-refractivity contribution in [2.45, 2.75) is 6.92 Å². The molecule has 1 saturated heterocycles. The van der Waals surface area contributed by atoms with Gasteiger partial charge in [0.1, 0.15) is 12.0 Å². The zero-order valence-corrected chi connectivity index (χ0v) is 10.3. The highest BCUT2D eigenvalue weighted by Crippen LogP contribution is 2.26. The first-order valence-corrected chi connectivity index (χ1v) is 5.74. The molecule has 2 N–H and O–H groups in total. The van der Waals surface area contributed by atoms with Gasteiger partial charge in [0.25, 0.3) is 0 Å². The Morgan fingerprint density at radius 1 is 1.35 bits per heavy atom. The van der Waals surface area contributed by atoms with E-state index in [0.29, 0.717) is 37.7 Å². The number of rotatable bonds is 1. The molecule has 17 heavy (non-hydrogen) atoms. The van der Waals surface area contributed by atoms with Crippen LogP contribution in [0.3, 0.4) is 0 Å². The van der Waals surface area contributed by atoms with E-state index in [0.717, 1.165) is 0 Å². The molecule has 0 aromatic carbocycles. The highest BCUT2D eigenvalue weighted by molar-refractivity contribution is 6.32. The van der Waals surface area contributed by atoms with E-state index in [4.69, 9.17) is 17.3 Å². The molecule has 6 nitrogen and oxygen atoms in total. The molecule has 1 aliphatic rings. The van der Waals surface area contributed by atoms with E-state index in [2.05, 4.69) is 9.97 Å². The number of hydrogen-bond acceptors (Lipinski definition) is 5. The van der Waals surface area contributed by atoms with Crippen LogP contribution in [0.4, 0.5) is 11.5 Å². The Labute approximate surface area is 104 Å². The van der Waals surface area contributed by atoms with Crippen LogP contribution in [-0.4, -0.2) is 47.0 Å². The summed E-state index contributed by atoms with van der Waals surface area (Å²) in [6.07, 6.45) is 1.39.